The van der Waals surface area contributed by atoms with Crippen LogP contribution in [0.2, 0.25) is 0 Å². The first kappa shape index (κ1) is 14.7. The van der Waals surface area contributed by atoms with Crippen LogP contribution in [0.3, 0.4) is 0 Å². The number of hydrogen-bond donors (Lipinski definition) is 1. The molecule has 0 aliphatic heterocycles. The Morgan fingerprint density at radius 2 is 2.10 bits per heavy atom. The Hall–Kier alpha value is -1.26. The Kier molecular flexibility index (Phi) is 4.99. The van der Waals surface area contributed by atoms with Crippen molar-refractivity contribution < 1.29 is 0 Å². The average Bonchev–Trinajstić information content (AvgIpc) is 3.15. The number of thioether (sulfide) groups is 1. The number of aromatic nitrogens is 2. The maximum atomic E-state index is 4.46. The summed E-state index contributed by atoms with van der Waals surface area (Å²) in [5.41, 5.74) is 2.57. The average molecular weight is 301 g/mol. The first-order valence-electron chi connectivity index (χ1n) is 7.65. The largest absolute Gasteiger partial charge is 0.310 e. The molecule has 1 saturated carbocycles. The predicted molar refractivity (Wildman–Crippen MR) is 89.6 cm³/mol. The summed E-state index contributed by atoms with van der Waals surface area (Å²) in [6, 6.07) is 11.2. The van der Waals surface area contributed by atoms with Gasteiger partial charge >= 0.3 is 0 Å². The molecule has 0 radical (unpaired) electrons. The lowest BCUT2D eigenvalue weighted by Crippen LogP contribution is -2.25. The monoisotopic (exact) mass is 301 g/mol. The minimum absolute atomic E-state index is 0.680. The Morgan fingerprint density at radius 3 is 2.86 bits per heavy atom. The van der Waals surface area contributed by atoms with Gasteiger partial charge in [0.1, 0.15) is 0 Å². The van der Waals surface area contributed by atoms with Crippen LogP contribution in [0.25, 0.3) is 0 Å². The minimum atomic E-state index is 0.680. The van der Waals surface area contributed by atoms with Crippen molar-refractivity contribution in [1.82, 2.24) is 15.1 Å². The summed E-state index contributed by atoms with van der Waals surface area (Å²) in [6.07, 6.45) is 10.3. The molecule has 0 bridgehead atoms. The van der Waals surface area contributed by atoms with E-state index in [-0.39, 0.29) is 0 Å². The molecule has 112 valence electrons. The quantitative estimate of drug-likeness (QED) is 0.888. The van der Waals surface area contributed by atoms with Crippen LogP contribution in [-0.2, 0) is 13.1 Å². The summed E-state index contributed by atoms with van der Waals surface area (Å²) >= 11 is 2.01. The molecule has 1 aromatic heterocycles. The summed E-state index contributed by atoms with van der Waals surface area (Å²) in [5, 5.41) is 8.98. The Labute approximate surface area is 131 Å². The fourth-order valence-corrected chi connectivity index (χ4v) is 3.75. The van der Waals surface area contributed by atoms with Gasteiger partial charge in [0.05, 0.1) is 12.7 Å². The smallest absolute Gasteiger partial charge is 0.0659 e. The molecule has 1 aromatic carbocycles. The van der Waals surface area contributed by atoms with Crippen LogP contribution in [0.15, 0.2) is 42.7 Å². The molecule has 1 N–H and O–H groups in total. The van der Waals surface area contributed by atoms with Crippen molar-refractivity contribution in [2.45, 2.75) is 43.6 Å². The van der Waals surface area contributed by atoms with Gasteiger partial charge < -0.3 is 5.32 Å². The first-order valence-corrected chi connectivity index (χ1v) is 8.93. The van der Waals surface area contributed by atoms with Crippen LogP contribution in [0.4, 0.5) is 0 Å². The van der Waals surface area contributed by atoms with E-state index in [1.54, 1.807) is 0 Å². The van der Waals surface area contributed by atoms with Crippen LogP contribution < -0.4 is 5.32 Å². The molecular formula is C17H23N3S. The van der Waals surface area contributed by atoms with Crippen LogP contribution in [0.5, 0.6) is 0 Å². The van der Waals surface area contributed by atoms with Crippen molar-refractivity contribution in [2.75, 3.05) is 6.26 Å². The molecule has 2 atom stereocenters. The second-order valence-electron chi connectivity index (χ2n) is 5.78. The zero-order valence-electron chi connectivity index (χ0n) is 12.5. The second kappa shape index (κ2) is 7.14. The zero-order valence-corrected chi connectivity index (χ0v) is 13.4. The fourth-order valence-electron chi connectivity index (χ4n) is 2.96. The molecule has 3 rings (SSSR count). The van der Waals surface area contributed by atoms with E-state index in [9.17, 15) is 0 Å². The molecule has 0 spiro atoms. The number of hydrogen-bond acceptors (Lipinski definition) is 3. The van der Waals surface area contributed by atoms with Crippen LogP contribution in [-0.4, -0.2) is 27.3 Å². The van der Waals surface area contributed by atoms with Gasteiger partial charge in [0, 0.05) is 29.6 Å². The van der Waals surface area contributed by atoms with Crippen molar-refractivity contribution in [3.8, 4) is 0 Å². The van der Waals surface area contributed by atoms with E-state index in [0.29, 0.717) is 6.04 Å². The lowest BCUT2D eigenvalue weighted by atomic mass is 10.2. The van der Waals surface area contributed by atoms with Gasteiger partial charge in [-0.25, -0.2) is 0 Å². The number of rotatable bonds is 6. The highest BCUT2D eigenvalue weighted by molar-refractivity contribution is 7.99. The molecule has 4 heteroatoms. The van der Waals surface area contributed by atoms with Gasteiger partial charge in [-0.3, -0.25) is 4.68 Å². The van der Waals surface area contributed by atoms with E-state index < -0.39 is 0 Å². The van der Waals surface area contributed by atoms with Crippen LogP contribution in [0.1, 0.15) is 30.4 Å². The van der Waals surface area contributed by atoms with E-state index in [2.05, 4.69) is 47.1 Å². The van der Waals surface area contributed by atoms with Crippen LogP contribution >= 0.6 is 11.8 Å². The Bertz CT molecular complexity index is 552. The van der Waals surface area contributed by atoms with Gasteiger partial charge in [0.25, 0.3) is 0 Å². The number of nitrogens with zero attached hydrogens (tertiary/aromatic N) is 2. The molecule has 1 heterocycles. The third-order valence-corrected chi connectivity index (χ3v) is 5.28. The minimum Gasteiger partial charge on any atom is -0.310 e. The summed E-state index contributed by atoms with van der Waals surface area (Å²) < 4.78 is 2.02. The normalized spacial score (nSPS) is 21.8. The van der Waals surface area contributed by atoms with E-state index in [1.807, 2.05) is 28.7 Å². The van der Waals surface area contributed by atoms with E-state index in [1.165, 1.54) is 30.4 Å². The highest BCUT2D eigenvalue weighted by Crippen LogP contribution is 2.28. The Balaban J connectivity index is 1.49. The topological polar surface area (TPSA) is 29.9 Å². The second-order valence-corrected chi connectivity index (χ2v) is 6.92. The molecule has 21 heavy (non-hydrogen) atoms. The molecule has 0 amide bonds. The van der Waals surface area contributed by atoms with E-state index >= 15 is 0 Å². The molecule has 2 unspecified atom stereocenters. The number of benzene rings is 1. The summed E-state index contributed by atoms with van der Waals surface area (Å²) in [4.78, 5) is 0. The van der Waals surface area contributed by atoms with Crippen molar-refractivity contribution in [2.24, 2.45) is 0 Å². The van der Waals surface area contributed by atoms with Gasteiger partial charge in [0.2, 0.25) is 0 Å². The van der Waals surface area contributed by atoms with Crippen molar-refractivity contribution in [3.63, 3.8) is 0 Å². The third-order valence-electron chi connectivity index (χ3n) is 4.19. The number of nitrogens with one attached hydrogen (secondary N) is 1. The molecule has 1 aliphatic carbocycles. The third kappa shape index (κ3) is 4.11. The maximum Gasteiger partial charge on any atom is 0.0659 e. The first-order chi connectivity index (χ1) is 10.3. The lowest BCUT2D eigenvalue weighted by Gasteiger charge is -2.11. The summed E-state index contributed by atoms with van der Waals surface area (Å²) in [5.74, 6) is 0. The molecule has 3 nitrogen and oxygen atoms in total. The SMILES string of the molecule is CSC1CCC(NCc2cnn(Cc3ccccc3)c2)C1. The summed E-state index contributed by atoms with van der Waals surface area (Å²) in [7, 11) is 0. The standard InChI is InChI=1S/C17H23N3S/c1-21-17-8-7-16(9-17)18-10-15-11-19-20(13-15)12-14-5-3-2-4-6-14/h2-6,11,13,16-18H,7-10,12H2,1H3. The molecule has 2 aromatic rings. The van der Waals surface area contributed by atoms with Crippen molar-refractivity contribution >= 4 is 11.8 Å². The van der Waals surface area contributed by atoms with Gasteiger partial charge in [-0.05, 0) is 31.1 Å². The molecular weight excluding hydrogens is 278 g/mol. The van der Waals surface area contributed by atoms with Crippen molar-refractivity contribution in [3.05, 3.63) is 53.9 Å². The highest BCUT2D eigenvalue weighted by atomic mass is 32.2. The molecule has 1 aliphatic rings. The summed E-state index contributed by atoms with van der Waals surface area (Å²) in [6.45, 7) is 1.78. The predicted octanol–water partition coefficient (Wildman–Crippen LogP) is 3.31. The van der Waals surface area contributed by atoms with E-state index in [0.717, 1.165) is 18.3 Å². The zero-order chi connectivity index (χ0) is 14.5. The highest BCUT2D eigenvalue weighted by Gasteiger charge is 2.23. The van der Waals surface area contributed by atoms with Crippen molar-refractivity contribution in [1.29, 1.82) is 0 Å². The molecule has 1 fully saturated rings. The van der Waals surface area contributed by atoms with Gasteiger partial charge in [-0.2, -0.15) is 16.9 Å². The van der Waals surface area contributed by atoms with Gasteiger partial charge in [-0.15, -0.1) is 0 Å². The Morgan fingerprint density at radius 1 is 1.24 bits per heavy atom. The van der Waals surface area contributed by atoms with Gasteiger partial charge in [0.15, 0.2) is 0 Å². The maximum absolute atomic E-state index is 4.46. The lowest BCUT2D eigenvalue weighted by molar-refractivity contribution is 0.525. The van der Waals surface area contributed by atoms with Crippen LogP contribution in [0, 0.1) is 0 Å². The molecule has 0 saturated heterocycles. The van der Waals surface area contributed by atoms with Gasteiger partial charge in [-0.1, -0.05) is 30.3 Å². The van der Waals surface area contributed by atoms with E-state index in [4.69, 9.17) is 0 Å². The fraction of sp³-hybridized carbons (Fsp3) is 0.471.